The fourth-order valence-electron chi connectivity index (χ4n) is 3.80. The summed E-state index contributed by atoms with van der Waals surface area (Å²) in [5, 5.41) is 4.89. The number of carbonyl (C=O) groups excluding carboxylic acids is 1. The molecule has 35 heavy (non-hydrogen) atoms. The highest BCUT2D eigenvalue weighted by atomic mass is 16.5. The average molecular weight is 470 g/mol. The van der Waals surface area contributed by atoms with Gasteiger partial charge in [0.15, 0.2) is 0 Å². The van der Waals surface area contributed by atoms with Crippen molar-refractivity contribution in [2.75, 3.05) is 19.8 Å². The molecule has 0 spiro atoms. The van der Waals surface area contributed by atoms with Crippen LogP contribution >= 0.6 is 0 Å². The van der Waals surface area contributed by atoms with Crippen molar-refractivity contribution in [1.82, 2.24) is 15.3 Å². The number of rotatable bonds is 12. The van der Waals surface area contributed by atoms with Gasteiger partial charge < -0.3 is 14.8 Å². The van der Waals surface area contributed by atoms with E-state index in [-0.39, 0.29) is 12.5 Å². The molecule has 0 saturated carbocycles. The third-order valence-electron chi connectivity index (χ3n) is 5.69. The fourth-order valence-corrected chi connectivity index (χ4v) is 3.80. The van der Waals surface area contributed by atoms with E-state index in [1.807, 2.05) is 54.6 Å². The molecule has 0 saturated heterocycles. The van der Waals surface area contributed by atoms with Crippen molar-refractivity contribution < 1.29 is 14.3 Å². The highest BCUT2D eigenvalue weighted by Gasteiger charge is 2.11. The predicted octanol–water partition coefficient (Wildman–Crippen LogP) is 6.11. The molecule has 0 bridgehead atoms. The Morgan fingerprint density at radius 3 is 2.29 bits per heavy atom. The quantitative estimate of drug-likeness (QED) is 0.200. The SMILES string of the molecule is C=C(COc1cccc2cccnc12)COc1cccc2ccc(C(=O)NCCCCCC)nc12. The molecule has 2 aromatic carbocycles. The number of amides is 1. The van der Waals surface area contributed by atoms with Crippen LogP contribution in [0.3, 0.4) is 0 Å². The van der Waals surface area contributed by atoms with Gasteiger partial charge in [0.2, 0.25) is 0 Å². The molecule has 180 valence electrons. The second-order valence-corrected chi connectivity index (χ2v) is 8.50. The van der Waals surface area contributed by atoms with E-state index in [4.69, 9.17) is 9.47 Å². The van der Waals surface area contributed by atoms with Gasteiger partial charge >= 0.3 is 0 Å². The molecule has 1 amide bonds. The third-order valence-corrected chi connectivity index (χ3v) is 5.69. The zero-order valence-electron chi connectivity index (χ0n) is 20.1. The van der Waals surface area contributed by atoms with Crippen molar-refractivity contribution in [1.29, 1.82) is 0 Å². The molecule has 6 nitrogen and oxygen atoms in total. The number of nitrogens with one attached hydrogen (secondary N) is 1. The Balaban J connectivity index is 1.37. The number of hydrogen-bond acceptors (Lipinski definition) is 5. The molecule has 0 atom stereocenters. The summed E-state index contributed by atoms with van der Waals surface area (Å²) in [6, 6.07) is 19.1. The number of benzene rings is 2. The number of aromatic nitrogens is 2. The van der Waals surface area contributed by atoms with Gasteiger partial charge in [-0.2, -0.15) is 0 Å². The lowest BCUT2D eigenvalue weighted by molar-refractivity contribution is 0.0948. The first-order valence-electron chi connectivity index (χ1n) is 12.1. The summed E-state index contributed by atoms with van der Waals surface area (Å²) in [5.74, 6) is 1.15. The molecule has 0 radical (unpaired) electrons. The number of carbonyl (C=O) groups is 1. The normalized spacial score (nSPS) is 10.9. The van der Waals surface area contributed by atoms with E-state index in [0.717, 1.165) is 34.7 Å². The van der Waals surface area contributed by atoms with Gasteiger partial charge in [-0.25, -0.2) is 4.98 Å². The van der Waals surface area contributed by atoms with Gasteiger partial charge in [-0.1, -0.05) is 69.2 Å². The Morgan fingerprint density at radius 2 is 1.54 bits per heavy atom. The number of unbranched alkanes of at least 4 members (excludes halogenated alkanes) is 3. The van der Waals surface area contributed by atoms with Crippen LogP contribution in [0, 0.1) is 0 Å². The molecule has 2 aromatic heterocycles. The Kier molecular flexibility index (Phi) is 8.28. The van der Waals surface area contributed by atoms with Crippen LogP contribution in [-0.4, -0.2) is 35.6 Å². The van der Waals surface area contributed by atoms with E-state index in [1.165, 1.54) is 12.8 Å². The Hall–Kier alpha value is -3.93. The maximum atomic E-state index is 12.6. The Bertz CT molecular complexity index is 1310. The molecular weight excluding hydrogens is 438 g/mol. The van der Waals surface area contributed by atoms with Gasteiger partial charge in [0.1, 0.15) is 41.4 Å². The van der Waals surface area contributed by atoms with Crippen LogP contribution < -0.4 is 14.8 Å². The van der Waals surface area contributed by atoms with Gasteiger partial charge in [0.05, 0.1) is 0 Å². The maximum absolute atomic E-state index is 12.6. The minimum Gasteiger partial charge on any atom is -0.487 e. The summed E-state index contributed by atoms with van der Waals surface area (Å²) in [4.78, 5) is 21.6. The molecule has 4 aromatic rings. The van der Waals surface area contributed by atoms with Crippen molar-refractivity contribution in [2.45, 2.75) is 32.6 Å². The summed E-state index contributed by atoms with van der Waals surface area (Å²) in [7, 11) is 0. The minimum atomic E-state index is -0.167. The van der Waals surface area contributed by atoms with Crippen LogP contribution in [0.25, 0.3) is 21.8 Å². The van der Waals surface area contributed by atoms with Crippen molar-refractivity contribution >= 4 is 27.7 Å². The van der Waals surface area contributed by atoms with Crippen LogP contribution in [0.2, 0.25) is 0 Å². The molecule has 0 fully saturated rings. The van der Waals surface area contributed by atoms with Gasteiger partial charge in [0.25, 0.3) is 5.91 Å². The summed E-state index contributed by atoms with van der Waals surface area (Å²) < 4.78 is 12.0. The number of ether oxygens (including phenoxy) is 2. The summed E-state index contributed by atoms with van der Waals surface area (Å²) in [5.41, 5.74) is 2.63. The highest BCUT2D eigenvalue weighted by Crippen LogP contribution is 2.26. The first-order valence-corrected chi connectivity index (χ1v) is 12.1. The van der Waals surface area contributed by atoms with Gasteiger partial charge in [0, 0.05) is 23.5 Å². The molecule has 1 N–H and O–H groups in total. The number of pyridine rings is 2. The monoisotopic (exact) mass is 469 g/mol. The van der Waals surface area contributed by atoms with Crippen LogP contribution in [-0.2, 0) is 0 Å². The van der Waals surface area contributed by atoms with E-state index in [0.29, 0.717) is 35.9 Å². The Labute approximate surface area is 206 Å². The van der Waals surface area contributed by atoms with Crippen LogP contribution in [0.4, 0.5) is 0 Å². The van der Waals surface area contributed by atoms with Crippen LogP contribution in [0.15, 0.2) is 79.0 Å². The first-order chi connectivity index (χ1) is 17.2. The van der Waals surface area contributed by atoms with E-state index in [9.17, 15) is 4.79 Å². The zero-order valence-corrected chi connectivity index (χ0v) is 20.1. The van der Waals surface area contributed by atoms with Crippen molar-refractivity contribution in [3.05, 3.63) is 84.7 Å². The lowest BCUT2D eigenvalue weighted by Gasteiger charge is -2.13. The van der Waals surface area contributed by atoms with E-state index in [2.05, 4.69) is 28.8 Å². The topological polar surface area (TPSA) is 73.3 Å². The average Bonchev–Trinajstić information content (AvgIpc) is 2.90. The minimum absolute atomic E-state index is 0.167. The lowest BCUT2D eigenvalue weighted by atomic mass is 10.1. The second-order valence-electron chi connectivity index (χ2n) is 8.50. The van der Waals surface area contributed by atoms with Crippen molar-refractivity contribution in [3.8, 4) is 11.5 Å². The summed E-state index contributed by atoms with van der Waals surface area (Å²) in [6.45, 7) is 7.49. The smallest absolute Gasteiger partial charge is 0.269 e. The lowest BCUT2D eigenvalue weighted by Crippen LogP contribution is -2.25. The van der Waals surface area contributed by atoms with Crippen LogP contribution in [0.1, 0.15) is 43.1 Å². The van der Waals surface area contributed by atoms with Gasteiger partial charge in [-0.05, 0) is 36.3 Å². The maximum Gasteiger partial charge on any atom is 0.269 e. The fraction of sp³-hybridized carbons (Fsp3) is 0.276. The Morgan fingerprint density at radius 1 is 0.857 bits per heavy atom. The molecule has 4 rings (SSSR count). The second kappa shape index (κ2) is 12.0. The molecule has 0 aliphatic carbocycles. The van der Waals surface area contributed by atoms with Crippen molar-refractivity contribution in [3.63, 3.8) is 0 Å². The number of fused-ring (bicyclic) bond motifs is 2. The first kappa shape index (κ1) is 24.2. The predicted molar refractivity (Wildman–Crippen MR) is 140 cm³/mol. The molecule has 2 heterocycles. The molecule has 0 unspecified atom stereocenters. The third kappa shape index (κ3) is 6.35. The summed E-state index contributed by atoms with van der Waals surface area (Å²) >= 11 is 0. The number of nitrogens with zero attached hydrogens (tertiary/aromatic N) is 2. The standard InChI is InChI=1S/C29H31N3O3/c1-3-4-5-6-17-31-29(33)24-16-15-23-11-8-14-26(28(23)32-24)35-20-21(2)19-34-25-13-7-10-22-12-9-18-30-27(22)25/h7-16,18H,2-6,17,19-20H2,1H3,(H,31,33). The molecular formula is C29H31N3O3. The molecule has 0 aliphatic rings. The summed E-state index contributed by atoms with van der Waals surface area (Å²) in [6.07, 6.45) is 6.19. The number of para-hydroxylation sites is 2. The highest BCUT2D eigenvalue weighted by molar-refractivity contribution is 5.96. The largest absolute Gasteiger partial charge is 0.487 e. The van der Waals surface area contributed by atoms with Gasteiger partial charge in [-0.15, -0.1) is 0 Å². The zero-order chi connectivity index (χ0) is 24.5. The van der Waals surface area contributed by atoms with Crippen molar-refractivity contribution in [2.24, 2.45) is 0 Å². The number of hydrogen-bond donors (Lipinski definition) is 1. The molecule has 6 heteroatoms. The van der Waals surface area contributed by atoms with Gasteiger partial charge in [-0.3, -0.25) is 9.78 Å². The molecule has 0 aliphatic heterocycles. The van der Waals surface area contributed by atoms with E-state index in [1.54, 1.807) is 12.3 Å². The van der Waals surface area contributed by atoms with Crippen LogP contribution in [0.5, 0.6) is 11.5 Å². The van der Waals surface area contributed by atoms with E-state index >= 15 is 0 Å². The van der Waals surface area contributed by atoms with E-state index < -0.39 is 0 Å².